The monoisotopic (exact) mass is 208 g/mol. The van der Waals surface area contributed by atoms with E-state index in [-0.39, 0.29) is 5.54 Å². The van der Waals surface area contributed by atoms with Gasteiger partial charge in [-0.3, -0.25) is 4.90 Å². The van der Waals surface area contributed by atoms with Crippen molar-refractivity contribution in [1.82, 2.24) is 4.90 Å². The van der Waals surface area contributed by atoms with Crippen molar-refractivity contribution in [3.63, 3.8) is 0 Å². The predicted octanol–water partition coefficient (Wildman–Crippen LogP) is 2.15. The average Bonchev–Trinajstić information content (AvgIpc) is 2.78. The van der Waals surface area contributed by atoms with E-state index in [4.69, 9.17) is 10.2 Å². The van der Waals surface area contributed by atoms with Gasteiger partial charge in [-0.25, -0.2) is 0 Å². The van der Waals surface area contributed by atoms with Crippen molar-refractivity contribution in [2.45, 2.75) is 38.3 Å². The highest BCUT2D eigenvalue weighted by atomic mass is 16.3. The lowest BCUT2D eigenvalue weighted by Gasteiger charge is -2.37. The third-order valence-electron chi connectivity index (χ3n) is 3.49. The van der Waals surface area contributed by atoms with E-state index < -0.39 is 0 Å². The average molecular weight is 208 g/mol. The molecule has 1 aliphatic rings. The van der Waals surface area contributed by atoms with Crippen LogP contribution in [0.2, 0.25) is 0 Å². The molecule has 0 aliphatic carbocycles. The Kier molecular flexibility index (Phi) is 2.85. The number of hydrogen-bond donors (Lipinski definition) is 1. The molecule has 0 bridgehead atoms. The second-order valence-electron chi connectivity index (χ2n) is 4.92. The molecular weight excluding hydrogens is 188 g/mol. The summed E-state index contributed by atoms with van der Waals surface area (Å²) >= 11 is 0. The molecule has 3 heteroatoms. The maximum Gasteiger partial charge on any atom is 0.0950 e. The first-order chi connectivity index (χ1) is 7.15. The predicted molar refractivity (Wildman–Crippen MR) is 60.5 cm³/mol. The summed E-state index contributed by atoms with van der Waals surface area (Å²) in [6, 6.07) is 2.33. The molecule has 1 atom stereocenters. The van der Waals surface area contributed by atoms with E-state index in [1.807, 2.05) is 12.3 Å². The lowest BCUT2D eigenvalue weighted by atomic mass is 9.98. The summed E-state index contributed by atoms with van der Waals surface area (Å²) in [5.74, 6) is 0. The van der Waals surface area contributed by atoms with Crippen LogP contribution in [0.25, 0.3) is 0 Å². The highest BCUT2D eigenvalue weighted by Crippen LogP contribution is 2.35. The first kappa shape index (κ1) is 10.7. The quantitative estimate of drug-likeness (QED) is 0.827. The number of likely N-dealkylation sites (tertiary alicyclic amines) is 1. The third kappa shape index (κ3) is 1.94. The number of furan rings is 1. The van der Waals surface area contributed by atoms with Crippen molar-refractivity contribution in [3.8, 4) is 0 Å². The Labute approximate surface area is 91.2 Å². The second kappa shape index (κ2) is 3.99. The van der Waals surface area contributed by atoms with E-state index in [0.717, 1.165) is 6.54 Å². The Bertz CT molecular complexity index is 305. The fourth-order valence-corrected chi connectivity index (χ4v) is 2.61. The molecule has 3 nitrogen and oxygen atoms in total. The fourth-order valence-electron chi connectivity index (χ4n) is 2.61. The van der Waals surface area contributed by atoms with Crippen LogP contribution in [-0.2, 0) is 0 Å². The van der Waals surface area contributed by atoms with Crippen LogP contribution in [0.5, 0.6) is 0 Å². The summed E-state index contributed by atoms with van der Waals surface area (Å²) in [5, 5.41) is 0. The van der Waals surface area contributed by atoms with E-state index in [2.05, 4.69) is 18.7 Å². The minimum atomic E-state index is 0.265. The van der Waals surface area contributed by atoms with Crippen LogP contribution >= 0.6 is 0 Å². The summed E-state index contributed by atoms with van der Waals surface area (Å²) in [5.41, 5.74) is 7.35. The zero-order valence-electron chi connectivity index (χ0n) is 9.57. The van der Waals surface area contributed by atoms with Gasteiger partial charge in [-0.2, -0.15) is 0 Å². The highest BCUT2D eigenvalue weighted by molar-refractivity contribution is 5.14. The molecule has 0 saturated carbocycles. The van der Waals surface area contributed by atoms with Gasteiger partial charge < -0.3 is 10.2 Å². The zero-order chi connectivity index (χ0) is 10.9. The van der Waals surface area contributed by atoms with Gasteiger partial charge in [0, 0.05) is 17.6 Å². The van der Waals surface area contributed by atoms with Gasteiger partial charge in [0.25, 0.3) is 0 Å². The van der Waals surface area contributed by atoms with Crippen LogP contribution in [0.3, 0.4) is 0 Å². The summed E-state index contributed by atoms with van der Waals surface area (Å²) in [6.45, 7) is 6.38. The zero-order valence-corrected chi connectivity index (χ0v) is 9.57. The molecule has 1 aromatic heterocycles. The maximum absolute atomic E-state index is 5.88. The van der Waals surface area contributed by atoms with Crippen LogP contribution < -0.4 is 5.73 Å². The van der Waals surface area contributed by atoms with Gasteiger partial charge in [0.1, 0.15) is 0 Å². The number of nitrogens with zero attached hydrogens (tertiary/aromatic N) is 1. The lowest BCUT2D eigenvalue weighted by molar-refractivity contribution is 0.119. The molecule has 1 aromatic rings. The standard InChI is InChI=1S/C12H20N2O/c1-12(2)5-3-6-14(12)11(8-13)10-4-7-15-9-10/h4,7,9,11H,3,5-6,8,13H2,1-2H3. The molecule has 84 valence electrons. The van der Waals surface area contributed by atoms with Crippen molar-refractivity contribution >= 4 is 0 Å². The molecular formula is C12H20N2O. The minimum absolute atomic E-state index is 0.265. The number of hydrogen-bond acceptors (Lipinski definition) is 3. The first-order valence-corrected chi connectivity index (χ1v) is 5.64. The molecule has 0 spiro atoms. The molecule has 1 unspecified atom stereocenters. The Morgan fingerprint density at radius 2 is 2.40 bits per heavy atom. The molecule has 15 heavy (non-hydrogen) atoms. The van der Waals surface area contributed by atoms with Crippen LogP contribution in [0, 0.1) is 0 Å². The number of nitrogens with two attached hydrogens (primary N) is 1. The van der Waals surface area contributed by atoms with Gasteiger partial charge in [-0.1, -0.05) is 0 Å². The first-order valence-electron chi connectivity index (χ1n) is 5.64. The molecule has 2 heterocycles. The van der Waals surface area contributed by atoms with E-state index in [9.17, 15) is 0 Å². The van der Waals surface area contributed by atoms with E-state index in [0.29, 0.717) is 12.6 Å². The van der Waals surface area contributed by atoms with Crippen LogP contribution in [0.4, 0.5) is 0 Å². The topological polar surface area (TPSA) is 42.4 Å². The second-order valence-corrected chi connectivity index (χ2v) is 4.92. The molecule has 2 rings (SSSR count). The van der Waals surface area contributed by atoms with E-state index >= 15 is 0 Å². The summed E-state index contributed by atoms with van der Waals surface area (Å²) < 4.78 is 5.14. The normalized spacial score (nSPS) is 23.1. The molecule has 1 saturated heterocycles. The molecule has 0 radical (unpaired) electrons. The smallest absolute Gasteiger partial charge is 0.0950 e. The summed E-state index contributed by atoms with van der Waals surface area (Å²) in [7, 11) is 0. The minimum Gasteiger partial charge on any atom is -0.472 e. The van der Waals surface area contributed by atoms with Crippen molar-refractivity contribution < 1.29 is 4.42 Å². The van der Waals surface area contributed by atoms with Crippen molar-refractivity contribution in [2.75, 3.05) is 13.1 Å². The summed E-state index contributed by atoms with van der Waals surface area (Å²) in [4.78, 5) is 2.50. The SMILES string of the molecule is CC1(C)CCCN1C(CN)c1ccoc1. The summed E-state index contributed by atoms with van der Waals surface area (Å²) in [6.07, 6.45) is 6.05. The van der Waals surface area contributed by atoms with Crippen LogP contribution in [0.1, 0.15) is 38.3 Å². The van der Waals surface area contributed by atoms with E-state index in [1.165, 1.54) is 18.4 Å². The third-order valence-corrected chi connectivity index (χ3v) is 3.49. The van der Waals surface area contributed by atoms with Crippen molar-refractivity contribution in [3.05, 3.63) is 24.2 Å². The van der Waals surface area contributed by atoms with Crippen molar-refractivity contribution in [1.29, 1.82) is 0 Å². The van der Waals surface area contributed by atoms with E-state index in [1.54, 1.807) is 6.26 Å². The molecule has 0 amide bonds. The van der Waals surface area contributed by atoms with Crippen LogP contribution in [0.15, 0.2) is 23.0 Å². The van der Waals surface area contributed by atoms with Gasteiger partial charge in [-0.05, 0) is 39.3 Å². The molecule has 2 N–H and O–H groups in total. The molecule has 0 aromatic carbocycles. The number of rotatable bonds is 3. The van der Waals surface area contributed by atoms with Crippen molar-refractivity contribution in [2.24, 2.45) is 5.73 Å². The Morgan fingerprint density at radius 1 is 1.60 bits per heavy atom. The van der Waals surface area contributed by atoms with Gasteiger partial charge in [0.15, 0.2) is 0 Å². The Morgan fingerprint density at radius 3 is 2.87 bits per heavy atom. The fraction of sp³-hybridized carbons (Fsp3) is 0.667. The Hall–Kier alpha value is -0.800. The lowest BCUT2D eigenvalue weighted by Crippen LogP contribution is -2.43. The molecule has 1 fully saturated rings. The van der Waals surface area contributed by atoms with Gasteiger partial charge in [0.05, 0.1) is 18.6 Å². The molecule has 1 aliphatic heterocycles. The maximum atomic E-state index is 5.88. The van der Waals surface area contributed by atoms with Crippen LogP contribution in [-0.4, -0.2) is 23.5 Å². The highest BCUT2D eigenvalue weighted by Gasteiger charge is 2.36. The van der Waals surface area contributed by atoms with Gasteiger partial charge in [-0.15, -0.1) is 0 Å². The Balaban J connectivity index is 2.20. The largest absolute Gasteiger partial charge is 0.472 e. The van der Waals surface area contributed by atoms with Gasteiger partial charge in [0.2, 0.25) is 0 Å². The van der Waals surface area contributed by atoms with Gasteiger partial charge >= 0.3 is 0 Å².